The number of carbonyl (C=O) groups is 1. The van der Waals surface area contributed by atoms with Crippen LogP contribution in [0.3, 0.4) is 0 Å². The molecule has 0 aliphatic rings. The second kappa shape index (κ2) is 8.79. The molecule has 0 aromatic heterocycles. The summed E-state index contributed by atoms with van der Waals surface area (Å²) in [6, 6.07) is 31.7. The zero-order valence-electron chi connectivity index (χ0n) is 17.3. The highest BCUT2D eigenvalue weighted by Crippen LogP contribution is 2.24. The first-order valence-electron chi connectivity index (χ1n) is 10.1. The fourth-order valence-corrected chi connectivity index (χ4v) is 3.30. The number of rotatable bonds is 6. The summed E-state index contributed by atoms with van der Waals surface area (Å²) in [6.45, 7) is 4.11. The van der Waals surface area contributed by atoms with Crippen molar-refractivity contribution in [2.45, 2.75) is 20.3 Å². The highest BCUT2D eigenvalue weighted by atomic mass is 16.5. The standard InChI is InChI=1S/C28H24O2/c1-20-3-7-22(8-4-20)19-23-9-15-26(16-10-23)30-27-17-13-25(14-18-27)28(29)24-11-5-21(2)6-12-24/h3-18H,19H2,1-2H3. The normalized spacial score (nSPS) is 10.6. The number of benzene rings is 4. The minimum absolute atomic E-state index is 0.0157. The van der Waals surface area contributed by atoms with Gasteiger partial charge in [-0.3, -0.25) is 4.79 Å². The highest BCUT2D eigenvalue weighted by Gasteiger charge is 2.09. The smallest absolute Gasteiger partial charge is 0.193 e. The molecule has 0 atom stereocenters. The fourth-order valence-electron chi connectivity index (χ4n) is 3.30. The molecule has 0 N–H and O–H groups in total. The molecule has 148 valence electrons. The number of hydrogen-bond acceptors (Lipinski definition) is 2. The van der Waals surface area contributed by atoms with Gasteiger partial charge in [0.25, 0.3) is 0 Å². The summed E-state index contributed by atoms with van der Waals surface area (Å²) >= 11 is 0. The van der Waals surface area contributed by atoms with Crippen LogP contribution < -0.4 is 4.74 Å². The van der Waals surface area contributed by atoms with Crippen molar-refractivity contribution in [2.24, 2.45) is 0 Å². The average Bonchev–Trinajstić information content (AvgIpc) is 2.77. The third-order valence-corrected chi connectivity index (χ3v) is 5.12. The Labute approximate surface area is 177 Å². The quantitative estimate of drug-likeness (QED) is 0.333. The van der Waals surface area contributed by atoms with Gasteiger partial charge in [0, 0.05) is 11.1 Å². The second-order valence-electron chi connectivity index (χ2n) is 7.63. The Bertz CT molecular complexity index is 1120. The van der Waals surface area contributed by atoms with E-state index in [1.165, 1.54) is 16.7 Å². The molecule has 0 heterocycles. The van der Waals surface area contributed by atoms with E-state index in [2.05, 4.69) is 43.3 Å². The Hall–Kier alpha value is -3.65. The van der Waals surface area contributed by atoms with Crippen LogP contribution in [0.4, 0.5) is 0 Å². The van der Waals surface area contributed by atoms with E-state index in [9.17, 15) is 4.79 Å². The Morgan fingerprint density at radius 2 is 0.933 bits per heavy atom. The molecule has 0 radical (unpaired) electrons. The molecule has 4 aromatic carbocycles. The predicted molar refractivity (Wildman–Crippen MR) is 122 cm³/mol. The molecule has 30 heavy (non-hydrogen) atoms. The van der Waals surface area contributed by atoms with Crippen LogP contribution in [0.2, 0.25) is 0 Å². The van der Waals surface area contributed by atoms with Crippen molar-refractivity contribution in [3.8, 4) is 11.5 Å². The lowest BCUT2D eigenvalue weighted by atomic mass is 10.0. The van der Waals surface area contributed by atoms with Gasteiger partial charge >= 0.3 is 0 Å². The summed E-state index contributed by atoms with van der Waals surface area (Å²) in [6.07, 6.45) is 0.899. The van der Waals surface area contributed by atoms with Crippen molar-refractivity contribution in [3.63, 3.8) is 0 Å². The van der Waals surface area contributed by atoms with Crippen molar-refractivity contribution in [1.29, 1.82) is 0 Å². The van der Waals surface area contributed by atoms with E-state index in [1.54, 1.807) is 0 Å². The highest BCUT2D eigenvalue weighted by molar-refractivity contribution is 6.09. The van der Waals surface area contributed by atoms with Crippen LogP contribution in [0.1, 0.15) is 38.2 Å². The van der Waals surface area contributed by atoms with E-state index in [1.807, 2.05) is 67.6 Å². The zero-order chi connectivity index (χ0) is 20.9. The number of ether oxygens (including phenoxy) is 1. The zero-order valence-corrected chi connectivity index (χ0v) is 17.3. The second-order valence-corrected chi connectivity index (χ2v) is 7.63. The van der Waals surface area contributed by atoms with Gasteiger partial charge in [0.05, 0.1) is 0 Å². The molecule has 4 aromatic rings. The SMILES string of the molecule is Cc1ccc(Cc2ccc(Oc3ccc(C(=O)c4ccc(C)cc4)cc3)cc2)cc1. The number of ketones is 1. The van der Waals surface area contributed by atoms with Gasteiger partial charge in [0.2, 0.25) is 0 Å². The summed E-state index contributed by atoms with van der Waals surface area (Å²) in [5.74, 6) is 1.50. The molecule has 0 unspecified atom stereocenters. The van der Waals surface area contributed by atoms with Crippen molar-refractivity contribution in [3.05, 3.63) is 130 Å². The molecule has 2 nitrogen and oxygen atoms in total. The molecule has 0 spiro atoms. The third kappa shape index (κ3) is 4.84. The lowest BCUT2D eigenvalue weighted by molar-refractivity contribution is 0.103. The number of aryl methyl sites for hydroxylation is 2. The first-order chi connectivity index (χ1) is 14.6. The van der Waals surface area contributed by atoms with Crippen molar-refractivity contribution in [1.82, 2.24) is 0 Å². The van der Waals surface area contributed by atoms with Crippen LogP contribution in [-0.4, -0.2) is 5.78 Å². The van der Waals surface area contributed by atoms with Gasteiger partial charge in [-0.15, -0.1) is 0 Å². The maximum absolute atomic E-state index is 12.6. The first-order valence-corrected chi connectivity index (χ1v) is 10.1. The summed E-state index contributed by atoms with van der Waals surface area (Å²) < 4.78 is 5.94. The molecule has 4 rings (SSSR count). The lowest BCUT2D eigenvalue weighted by Crippen LogP contribution is -2.00. The van der Waals surface area contributed by atoms with E-state index in [0.717, 1.165) is 17.7 Å². The van der Waals surface area contributed by atoms with Crippen LogP contribution >= 0.6 is 0 Å². The van der Waals surface area contributed by atoms with E-state index in [4.69, 9.17) is 4.74 Å². The monoisotopic (exact) mass is 392 g/mol. The molecule has 2 heteroatoms. The minimum atomic E-state index is 0.0157. The molecule has 0 saturated heterocycles. The van der Waals surface area contributed by atoms with Crippen LogP contribution in [0, 0.1) is 13.8 Å². The van der Waals surface area contributed by atoms with Gasteiger partial charge in [-0.25, -0.2) is 0 Å². The Balaban J connectivity index is 1.40. The van der Waals surface area contributed by atoms with Crippen LogP contribution in [0.25, 0.3) is 0 Å². The van der Waals surface area contributed by atoms with Gasteiger partial charge in [-0.2, -0.15) is 0 Å². The molecular weight excluding hydrogens is 368 g/mol. The van der Waals surface area contributed by atoms with E-state index in [-0.39, 0.29) is 5.78 Å². The van der Waals surface area contributed by atoms with Crippen LogP contribution in [0.15, 0.2) is 97.1 Å². The average molecular weight is 392 g/mol. The van der Waals surface area contributed by atoms with Gasteiger partial charge < -0.3 is 4.74 Å². The maximum Gasteiger partial charge on any atom is 0.193 e. The van der Waals surface area contributed by atoms with Gasteiger partial charge in [0.15, 0.2) is 5.78 Å². The lowest BCUT2D eigenvalue weighted by Gasteiger charge is -2.08. The first kappa shape index (κ1) is 19.7. The van der Waals surface area contributed by atoms with E-state index in [0.29, 0.717) is 16.9 Å². The molecule has 0 fully saturated rings. The molecule has 0 bridgehead atoms. The number of hydrogen-bond donors (Lipinski definition) is 0. The molecule has 0 amide bonds. The largest absolute Gasteiger partial charge is 0.457 e. The van der Waals surface area contributed by atoms with E-state index >= 15 is 0 Å². The van der Waals surface area contributed by atoms with Crippen molar-refractivity contribution in [2.75, 3.05) is 0 Å². The third-order valence-electron chi connectivity index (χ3n) is 5.12. The predicted octanol–water partition coefficient (Wildman–Crippen LogP) is 6.92. The number of carbonyl (C=O) groups excluding carboxylic acids is 1. The van der Waals surface area contributed by atoms with Gasteiger partial charge in [-0.05, 0) is 67.8 Å². The summed E-state index contributed by atoms with van der Waals surface area (Å²) in [4.78, 5) is 12.6. The van der Waals surface area contributed by atoms with E-state index < -0.39 is 0 Å². The Kier molecular flexibility index (Phi) is 5.76. The van der Waals surface area contributed by atoms with Crippen LogP contribution in [-0.2, 0) is 6.42 Å². The Morgan fingerprint density at radius 3 is 1.43 bits per heavy atom. The molecule has 0 saturated carbocycles. The van der Waals surface area contributed by atoms with Gasteiger partial charge in [0.1, 0.15) is 11.5 Å². The topological polar surface area (TPSA) is 26.3 Å². The van der Waals surface area contributed by atoms with Crippen molar-refractivity contribution < 1.29 is 9.53 Å². The summed E-state index contributed by atoms with van der Waals surface area (Å²) in [5, 5.41) is 0. The molecule has 0 aliphatic carbocycles. The Morgan fingerprint density at radius 1 is 0.567 bits per heavy atom. The molecule has 0 aliphatic heterocycles. The molecular formula is C28H24O2. The van der Waals surface area contributed by atoms with Gasteiger partial charge in [-0.1, -0.05) is 71.8 Å². The maximum atomic E-state index is 12.6. The van der Waals surface area contributed by atoms with Crippen molar-refractivity contribution >= 4 is 5.78 Å². The summed E-state index contributed by atoms with van der Waals surface area (Å²) in [7, 11) is 0. The van der Waals surface area contributed by atoms with Crippen LogP contribution in [0.5, 0.6) is 11.5 Å². The fraction of sp³-hybridized carbons (Fsp3) is 0.107. The summed E-state index contributed by atoms with van der Waals surface area (Å²) in [5.41, 5.74) is 6.29. The minimum Gasteiger partial charge on any atom is -0.457 e.